The summed E-state index contributed by atoms with van der Waals surface area (Å²) in [5.41, 5.74) is 0. The molecule has 0 aliphatic carbocycles. The first kappa shape index (κ1) is 35.4. The molecule has 3 heteroatoms. The second-order valence-electron chi connectivity index (χ2n) is 11.5. The highest BCUT2D eigenvalue weighted by Gasteiger charge is 2.19. The van der Waals surface area contributed by atoms with Gasteiger partial charge in [-0.25, -0.2) is 0 Å². The van der Waals surface area contributed by atoms with Crippen molar-refractivity contribution in [1.29, 1.82) is 0 Å². The summed E-state index contributed by atoms with van der Waals surface area (Å²) in [5.74, 6) is -0.642. The SMILES string of the molecule is CCCCCCCCCCCCCCN(CCCCCCCCCCCCCC)C(CC)CC(=O)O. The van der Waals surface area contributed by atoms with Crippen molar-refractivity contribution in [3.8, 4) is 0 Å². The van der Waals surface area contributed by atoms with Crippen molar-refractivity contribution in [2.75, 3.05) is 13.1 Å². The minimum absolute atomic E-state index is 0.211. The molecule has 0 rings (SSSR count). The molecule has 0 heterocycles. The van der Waals surface area contributed by atoms with Gasteiger partial charge >= 0.3 is 5.97 Å². The number of aliphatic carboxylic acids is 1. The maximum Gasteiger partial charge on any atom is 0.304 e. The summed E-state index contributed by atoms with van der Waals surface area (Å²) in [7, 11) is 0. The number of hydrogen-bond donors (Lipinski definition) is 1. The van der Waals surface area contributed by atoms with Crippen LogP contribution in [0.15, 0.2) is 0 Å². The molecule has 1 atom stereocenters. The molecule has 0 spiro atoms. The van der Waals surface area contributed by atoms with E-state index in [-0.39, 0.29) is 6.04 Å². The van der Waals surface area contributed by atoms with Gasteiger partial charge in [-0.15, -0.1) is 0 Å². The summed E-state index contributed by atoms with van der Waals surface area (Å²) >= 11 is 0. The Morgan fingerprint density at radius 1 is 0.500 bits per heavy atom. The van der Waals surface area contributed by atoms with Crippen molar-refractivity contribution >= 4 is 5.97 Å². The van der Waals surface area contributed by atoms with Gasteiger partial charge in [0.1, 0.15) is 0 Å². The highest BCUT2D eigenvalue weighted by molar-refractivity contribution is 5.67. The molecule has 0 saturated carbocycles. The van der Waals surface area contributed by atoms with Crippen molar-refractivity contribution in [1.82, 2.24) is 4.90 Å². The first-order valence-electron chi connectivity index (χ1n) is 16.6. The molecule has 0 fully saturated rings. The molecule has 1 N–H and O–H groups in total. The molecular weight excluding hydrogens is 442 g/mol. The summed E-state index contributed by atoms with van der Waals surface area (Å²) in [6.07, 6.45) is 34.2. The fourth-order valence-electron chi connectivity index (χ4n) is 5.52. The van der Waals surface area contributed by atoms with Crippen LogP contribution in [0.25, 0.3) is 0 Å². The first-order valence-corrected chi connectivity index (χ1v) is 16.6. The molecule has 0 bridgehead atoms. The summed E-state index contributed by atoms with van der Waals surface area (Å²) in [6.45, 7) is 8.90. The standard InChI is InChI=1S/C33H67NO2/c1-4-7-9-11-13-15-17-19-21-23-25-27-29-34(32(6-3)31-33(35)36)30-28-26-24-22-20-18-16-14-12-10-8-5-2/h32H,4-31H2,1-3H3,(H,35,36). The van der Waals surface area contributed by atoms with Gasteiger partial charge in [0.05, 0.1) is 6.42 Å². The average Bonchev–Trinajstić information content (AvgIpc) is 2.87. The summed E-state index contributed by atoms with van der Waals surface area (Å²) < 4.78 is 0. The smallest absolute Gasteiger partial charge is 0.304 e. The lowest BCUT2D eigenvalue weighted by Crippen LogP contribution is -2.38. The molecule has 0 aliphatic rings. The Morgan fingerprint density at radius 3 is 1.03 bits per heavy atom. The van der Waals surface area contributed by atoms with Crippen LogP contribution < -0.4 is 0 Å². The summed E-state index contributed by atoms with van der Waals surface area (Å²) in [4.78, 5) is 13.9. The Labute approximate surface area is 227 Å². The van der Waals surface area contributed by atoms with Gasteiger partial charge in [-0.1, -0.05) is 162 Å². The Bertz CT molecular complexity index is 411. The predicted molar refractivity (Wildman–Crippen MR) is 160 cm³/mol. The number of hydrogen-bond acceptors (Lipinski definition) is 2. The van der Waals surface area contributed by atoms with Crippen LogP contribution in [0.1, 0.15) is 188 Å². The minimum Gasteiger partial charge on any atom is -0.481 e. The number of carboxylic acid groups (broad SMARTS) is 1. The predicted octanol–water partition coefficient (Wildman–Crippen LogP) is 10.9. The molecule has 1 unspecified atom stereocenters. The van der Waals surface area contributed by atoms with Gasteiger partial charge in [0.2, 0.25) is 0 Å². The quantitative estimate of drug-likeness (QED) is 0.0978. The van der Waals surface area contributed by atoms with E-state index in [1.54, 1.807) is 0 Å². The molecule has 0 aromatic carbocycles. The van der Waals surface area contributed by atoms with Gasteiger partial charge in [0.15, 0.2) is 0 Å². The topological polar surface area (TPSA) is 40.5 Å². The van der Waals surface area contributed by atoms with E-state index in [9.17, 15) is 9.90 Å². The molecule has 36 heavy (non-hydrogen) atoms. The lowest BCUT2D eigenvalue weighted by atomic mass is 10.0. The fourth-order valence-corrected chi connectivity index (χ4v) is 5.52. The number of rotatable bonds is 30. The van der Waals surface area contributed by atoms with E-state index in [1.807, 2.05) is 0 Å². The van der Waals surface area contributed by atoms with E-state index in [2.05, 4.69) is 25.7 Å². The Kier molecular flexibility index (Phi) is 28.5. The first-order chi connectivity index (χ1) is 17.7. The van der Waals surface area contributed by atoms with Gasteiger partial charge in [-0.3, -0.25) is 9.69 Å². The van der Waals surface area contributed by atoms with Crippen LogP contribution in [-0.4, -0.2) is 35.1 Å². The molecule has 0 radical (unpaired) electrons. The van der Waals surface area contributed by atoms with Crippen LogP contribution in [0.4, 0.5) is 0 Å². The average molecular weight is 510 g/mol. The molecule has 0 amide bonds. The number of carboxylic acids is 1. The zero-order valence-corrected chi connectivity index (χ0v) is 25.2. The maximum atomic E-state index is 11.4. The molecule has 216 valence electrons. The molecule has 3 nitrogen and oxygen atoms in total. The second-order valence-corrected chi connectivity index (χ2v) is 11.5. The molecule has 0 aromatic rings. The van der Waals surface area contributed by atoms with Crippen LogP contribution in [0.5, 0.6) is 0 Å². The highest BCUT2D eigenvalue weighted by Crippen LogP contribution is 2.17. The Balaban J connectivity index is 3.90. The van der Waals surface area contributed by atoms with Gasteiger partial charge in [0, 0.05) is 6.04 Å². The Hall–Kier alpha value is -0.570. The molecular formula is C33H67NO2. The van der Waals surface area contributed by atoms with Gasteiger partial charge < -0.3 is 5.11 Å². The van der Waals surface area contributed by atoms with Crippen LogP contribution in [-0.2, 0) is 4.79 Å². The third-order valence-corrected chi connectivity index (χ3v) is 8.00. The highest BCUT2D eigenvalue weighted by atomic mass is 16.4. The van der Waals surface area contributed by atoms with E-state index in [0.717, 1.165) is 19.5 Å². The fraction of sp³-hybridized carbons (Fsp3) is 0.970. The monoisotopic (exact) mass is 510 g/mol. The number of unbranched alkanes of at least 4 members (excludes halogenated alkanes) is 22. The van der Waals surface area contributed by atoms with E-state index >= 15 is 0 Å². The minimum atomic E-state index is -0.642. The second kappa shape index (κ2) is 29.0. The van der Waals surface area contributed by atoms with E-state index < -0.39 is 5.97 Å². The summed E-state index contributed by atoms with van der Waals surface area (Å²) in [6, 6.07) is 0.211. The van der Waals surface area contributed by atoms with E-state index in [1.165, 1.54) is 154 Å². The number of nitrogens with zero attached hydrogens (tertiary/aromatic N) is 1. The zero-order chi connectivity index (χ0) is 26.5. The van der Waals surface area contributed by atoms with Crippen molar-refractivity contribution in [3.63, 3.8) is 0 Å². The van der Waals surface area contributed by atoms with E-state index in [0.29, 0.717) is 6.42 Å². The lowest BCUT2D eigenvalue weighted by molar-refractivity contribution is -0.138. The molecule has 0 aliphatic heterocycles. The van der Waals surface area contributed by atoms with Crippen LogP contribution in [0.2, 0.25) is 0 Å². The van der Waals surface area contributed by atoms with Crippen molar-refractivity contribution < 1.29 is 9.90 Å². The van der Waals surface area contributed by atoms with Gasteiger partial charge in [-0.05, 0) is 32.4 Å². The van der Waals surface area contributed by atoms with Crippen LogP contribution in [0.3, 0.4) is 0 Å². The third kappa shape index (κ3) is 25.1. The summed E-state index contributed by atoms with van der Waals surface area (Å²) in [5, 5.41) is 9.38. The van der Waals surface area contributed by atoms with Crippen molar-refractivity contribution in [3.05, 3.63) is 0 Å². The van der Waals surface area contributed by atoms with Crippen LogP contribution in [0, 0.1) is 0 Å². The van der Waals surface area contributed by atoms with Gasteiger partial charge in [-0.2, -0.15) is 0 Å². The lowest BCUT2D eigenvalue weighted by Gasteiger charge is -2.30. The molecule has 0 saturated heterocycles. The normalized spacial score (nSPS) is 12.4. The largest absolute Gasteiger partial charge is 0.481 e. The van der Waals surface area contributed by atoms with Gasteiger partial charge in [0.25, 0.3) is 0 Å². The van der Waals surface area contributed by atoms with Crippen LogP contribution >= 0.6 is 0 Å². The third-order valence-electron chi connectivity index (χ3n) is 8.00. The number of carbonyl (C=O) groups is 1. The maximum absolute atomic E-state index is 11.4. The molecule has 0 aromatic heterocycles. The Morgan fingerprint density at radius 2 is 0.778 bits per heavy atom. The van der Waals surface area contributed by atoms with Crippen molar-refractivity contribution in [2.24, 2.45) is 0 Å². The zero-order valence-electron chi connectivity index (χ0n) is 25.2. The van der Waals surface area contributed by atoms with E-state index in [4.69, 9.17) is 0 Å². The van der Waals surface area contributed by atoms with Crippen molar-refractivity contribution in [2.45, 2.75) is 194 Å².